The number of alkyl halides is 3. The second-order valence-corrected chi connectivity index (χ2v) is 11.7. The Morgan fingerprint density at radius 2 is 1.62 bits per heavy atom. The molecule has 248 valence electrons. The van der Waals surface area contributed by atoms with Crippen molar-refractivity contribution in [2.75, 3.05) is 38.6 Å². The third-order valence-electron chi connectivity index (χ3n) is 8.47. The molecule has 0 unspecified atom stereocenters. The van der Waals surface area contributed by atoms with E-state index in [4.69, 9.17) is 9.47 Å². The number of nitrogens with one attached hydrogen (secondary N) is 1. The van der Waals surface area contributed by atoms with E-state index in [1.807, 2.05) is 46.8 Å². The maximum Gasteiger partial charge on any atom is 0.416 e. The van der Waals surface area contributed by atoms with Crippen molar-refractivity contribution in [1.29, 1.82) is 0 Å². The number of rotatable bonds is 8. The maximum atomic E-state index is 13.5. The summed E-state index contributed by atoms with van der Waals surface area (Å²) < 4.78 is 52.2. The van der Waals surface area contributed by atoms with Gasteiger partial charge < -0.3 is 24.3 Å². The normalized spacial score (nSPS) is 13.8. The summed E-state index contributed by atoms with van der Waals surface area (Å²) in [5.41, 5.74) is 2.31. The predicted molar refractivity (Wildman–Crippen MR) is 176 cm³/mol. The number of halogens is 3. The molecule has 1 saturated heterocycles. The fourth-order valence-electron chi connectivity index (χ4n) is 5.82. The highest BCUT2D eigenvalue weighted by Crippen LogP contribution is 2.32. The lowest BCUT2D eigenvalue weighted by atomic mass is 10.0. The molecule has 3 aromatic carbocycles. The Labute approximate surface area is 275 Å². The minimum atomic E-state index is -4.49. The van der Waals surface area contributed by atoms with E-state index in [2.05, 4.69) is 27.3 Å². The first kappa shape index (κ1) is 32.6. The summed E-state index contributed by atoms with van der Waals surface area (Å²) >= 11 is 0. The zero-order chi connectivity index (χ0) is 34.0. The van der Waals surface area contributed by atoms with Gasteiger partial charge in [0.1, 0.15) is 17.2 Å². The highest BCUT2D eigenvalue weighted by molar-refractivity contribution is 6.04. The monoisotopic (exact) mass is 657 g/mol. The molecule has 0 bridgehead atoms. The number of amides is 2. The third kappa shape index (κ3) is 7.13. The smallest absolute Gasteiger partial charge is 0.416 e. The van der Waals surface area contributed by atoms with Crippen molar-refractivity contribution in [1.82, 2.24) is 19.4 Å². The number of anilines is 1. The van der Waals surface area contributed by atoms with Gasteiger partial charge in [-0.1, -0.05) is 12.1 Å². The molecule has 9 nitrogen and oxygen atoms in total. The number of methoxy groups -OCH3 is 1. The molecule has 6 rings (SSSR count). The maximum absolute atomic E-state index is 13.5. The highest BCUT2D eigenvalue weighted by Gasteiger charge is 2.32. The molecule has 0 aliphatic carbocycles. The first-order chi connectivity index (χ1) is 23.0. The summed E-state index contributed by atoms with van der Waals surface area (Å²) in [5, 5.41) is 3.48. The van der Waals surface area contributed by atoms with Gasteiger partial charge in [-0.3, -0.25) is 14.5 Å². The summed E-state index contributed by atoms with van der Waals surface area (Å²) in [5.74, 6) is 1.04. The summed E-state index contributed by atoms with van der Waals surface area (Å²) in [6.07, 6.45) is -3.09. The van der Waals surface area contributed by atoms with Crippen LogP contribution in [0, 0.1) is 6.92 Å². The average Bonchev–Trinajstić information content (AvgIpc) is 3.40. The lowest BCUT2D eigenvalue weighted by Crippen LogP contribution is -2.48. The Balaban J connectivity index is 1.06. The van der Waals surface area contributed by atoms with E-state index in [1.54, 1.807) is 25.3 Å². The molecule has 2 aromatic heterocycles. The van der Waals surface area contributed by atoms with Crippen molar-refractivity contribution < 1.29 is 32.2 Å². The van der Waals surface area contributed by atoms with Crippen LogP contribution in [0.1, 0.15) is 37.5 Å². The number of carbonyl (C=O) groups excluding carboxylic acids is 2. The zero-order valence-electron chi connectivity index (χ0n) is 26.7. The molecule has 0 saturated carbocycles. The summed E-state index contributed by atoms with van der Waals surface area (Å²) in [6, 6.07) is 21.8. The van der Waals surface area contributed by atoms with E-state index < -0.39 is 17.6 Å². The fraction of sp³-hybridized carbons (Fsp3) is 0.250. The van der Waals surface area contributed by atoms with Crippen LogP contribution in [0.2, 0.25) is 0 Å². The topological polar surface area (TPSA) is 88.9 Å². The van der Waals surface area contributed by atoms with Gasteiger partial charge in [-0.15, -0.1) is 0 Å². The highest BCUT2D eigenvalue weighted by atomic mass is 19.4. The Kier molecular flexibility index (Phi) is 9.09. The second-order valence-electron chi connectivity index (χ2n) is 11.7. The number of ether oxygens (including phenoxy) is 2. The molecular weight excluding hydrogens is 623 g/mol. The lowest BCUT2D eigenvalue weighted by molar-refractivity contribution is -0.138. The third-order valence-corrected chi connectivity index (χ3v) is 8.47. The number of pyridine rings is 1. The van der Waals surface area contributed by atoms with Crippen LogP contribution in [0.3, 0.4) is 0 Å². The Bertz CT molecular complexity index is 1950. The van der Waals surface area contributed by atoms with E-state index in [-0.39, 0.29) is 22.9 Å². The molecule has 12 heteroatoms. The van der Waals surface area contributed by atoms with Crippen LogP contribution in [-0.4, -0.2) is 64.5 Å². The predicted octanol–water partition coefficient (Wildman–Crippen LogP) is 6.91. The number of nitrogens with zero attached hydrogens (tertiary/aromatic N) is 4. The van der Waals surface area contributed by atoms with Gasteiger partial charge in [0.2, 0.25) is 5.88 Å². The Morgan fingerprint density at radius 1 is 0.896 bits per heavy atom. The number of aryl methyl sites for hydroxylation is 2. The molecular formula is C36H34F3N5O4. The van der Waals surface area contributed by atoms with Crippen LogP contribution < -0.4 is 14.8 Å². The first-order valence-corrected chi connectivity index (χ1v) is 15.4. The summed E-state index contributed by atoms with van der Waals surface area (Å²) in [4.78, 5) is 34.6. The fourth-order valence-corrected chi connectivity index (χ4v) is 5.82. The minimum absolute atomic E-state index is 0.0222. The van der Waals surface area contributed by atoms with E-state index in [0.29, 0.717) is 30.2 Å². The molecule has 0 spiro atoms. The van der Waals surface area contributed by atoms with Gasteiger partial charge in [-0.2, -0.15) is 13.2 Å². The van der Waals surface area contributed by atoms with E-state index >= 15 is 0 Å². The quantitative estimate of drug-likeness (QED) is 0.195. The second kappa shape index (κ2) is 13.4. The summed E-state index contributed by atoms with van der Waals surface area (Å²) in [6.45, 7) is 4.96. The van der Waals surface area contributed by atoms with E-state index in [1.165, 1.54) is 24.8 Å². The number of fused-ring (bicyclic) bond motifs is 1. The molecule has 3 heterocycles. The van der Waals surface area contributed by atoms with Gasteiger partial charge in [0.15, 0.2) is 0 Å². The van der Waals surface area contributed by atoms with Crippen LogP contribution in [0.15, 0.2) is 85.1 Å². The van der Waals surface area contributed by atoms with Gasteiger partial charge in [-0.25, -0.2) is 4.98 Å². The van der Waals surface area contributed by atoms with E-state index in [9.17, 15) is 22.8 Å². The van der Waals surface area contributed by atoms with Gasteiger partial charge >= 0.3 is 6.18 Å². The van der Waals surface area contributed by atoms with Crippen molar-refractivity contribution in [2.45, 2.75) is 19.6 Å². The Morgan fingerprint density at radius 3 is 2.27 bits per heavy atom. The van der Waals surface area contributed by atoms with Crippen LogP contribution >= 0.6 is 0 Å². The first-order valence-electron chi connectivity index (χ1n) is 15.4. The van der Waals surface area contributed by atoms with Crippen LogP contribution in [0.4, 0.5) is 18.9 Å². The Hall–Kier alpha value is -5.36. The van der Waals surface area contributed by atoms with Gasteiger partial charge in [-0.05, 0) is 78.7 Å². The number of piperazine rings is 1. The number of hydrogen-bond acceptors (Lipinski definition) is 6. The van der Waals surface area contributed by atoms with Crippen LogP contribution in [0.5, 0.6) is 17.4 Å². The zero-order valence-corrected chi connectivity index (χ0v) is 26.7. The molecule has 5 aromatic rings. The number of carbonyl (C=O) groups is 2. The number of hydrogen-bond donors (Lipinski definition) is 1. The molecule has 0 atom stereocenters. The summed E-state index contributed by atoms with van der Waals surface area (Å²) in [7, 11) is 3.52. The standard InChI is InChI=1S/C36H34F3N5O4/c1-23-18-25(6-11-30(23)36(37,38)39)34(45)41-27-7-13-33(40-21-27)48-29-10-12-31-26(19-29)20-32(42(31)2)35(46)44-16-14-43(15-17-44)22-24-4-8-28(47-3)9-5-24/h4-13,18-21H,14-17,22H2,1-3H3,(H,41,45). The van der Waals surface area contributed by atoms with Crippen molar-refractivity contribution in [2.24, 2.45) is 7.05 Å². The van der Waals surface area contributed by atoms with Crippen molar-refractivity contribution in [3.63, 3.8) is 0 Å². The van der Waals surface area contributed by atoms with Crippen LogP contribution in [0.25, 0.3) is 10.9 Å². The molecule has 2 amide bonds. The van der Waals surface area contributed by atoms with E-state index in [0.717, 1.165) is 48.4 Å². The molecule has 1 N–H and O–H groups in total. The molecule has 1 aliphatic rings. The lowest BCUT2D eigenvalue weighted by Gasteiger charge is -2.34. The average molecular weight is 658 g/mol. The largest absolute Gasteiger partial charge is 0.497 e. The SMILES string of the molecule is COc1ccc(CN2CCN(C(=O)c3cc4cc(Oc5ccc(NC(=O)c6ccc(C(F)(F)F)c(C)c6)cn5)ccc4n3C)CC2)cc1. The molecule has 0 radical (unpaired) electrons. The molecule has 1 fully saturated rings. The van der Waals surface area contributed by atoms with Gasteiger partial charge in [0.25, 0.3) is 11.8 Å². The van der Waals surface area contributed by atoms with Gasteiger partial charge in [0, 0.05) is 62.3 Å². The van der Waals surface area contributed by atoms with Crippen molar-refractivity contribution in [3.8, 4) is 17.4 Å². The minimum Gasteiger partial charge on any atom is -0.497 e. The van der Waals surface area contributed by atoms with Crippen molar-refractivity contribution in [3.05, 3.63) is 113 Å². The number of benzene rings is 3. The van der Waals surface area contributed by atoms with Crippen LogP contribution in [-0.2, 0) is 19.8 Å². The number of aromatic nitrogens is 2. The van der Waals surface area contributed by atoms with Gasteiger partial charge in [0.05, 0.1) is 24.6 Å². The molecule has 1 aliphatic heterocycles. The molecule has 48 heavy (non-hydrogen) atoms. The van der Waals surface area contributed by atoms with Crippen molar-refractivity contribution >= 4 is 28.4 Å².